The number of rotatable bonds is 8. The molecule has 4 nitrogen and oxygen atoms in total. The molecule has 0 aliphatic carbocycles. The van der Waals surface area contributed by atoms with Gasteiger partial charge in [0.15, 0.2) is 0 Å². The molecular weight excluding hydrogens is 516 g/mol. The molecule has 37 heavy (non-hydrogen) atoms. The van der Waals surface area contributed by atoms with Gasteiger partial charge in [-0.3, -0.25) is 4.79 Å². The fourth-order valence-corrected chi connectivity index (χ4v) is 9.06. The van der Waals surface area contributed by atoms with Crippen molar-refractivity contribution in [2.75, 3.05) is 29.0 Å². The largest absolute Gasteiger partial charge is 0.466 e. The Balaban J connectivity index is 1.76. The number of para-hydroxylation sites is 2. The average Bonchev–Trinajstić information content (AvgIpc) is 3.26. The van der Waals surface area contributed by atoms with Crippen LogP contribution in [0.3, 0.4) is 0 Å². The maximum absolute atomic E-state index is 13.3. The highest BCUT2D eigenvalue weighted by atomic mass is 32.4. The van der Waals surface area contributed by atoms with Gasteiger partial charge >= 0.3 is 12.1 Å². The third-order valence-corrected chi connectivity index (χ3v) is 11.5. The summed E-state index contributed by atoms with van der Waals surface area (Å²) in [6, 6.07) is 24.4. The number of anilines is 2. The number of nitrogens with zero attached hydrogens (tertiary/aromatic N) is 2. The highest BCUT2D eigenvalue weighted by Gasteiger charge is 2.45. The number of benzene rings is 3. The Kier molecular flexibility index (Phi) is 8.10. The summed E-state index contributed by atoms with van der Waals surface area (Å²) < 4.78 is 49.0. The van der Waals surface area contributed by atoms with Crippen molar-refractivity contribution in [2.24, 2.45) is 5.92 Å². The smallest absolute Gasteiger partial charge is 0.416 e. The lowest BCUT2D eigenvalue weighted by Gasteiger charge is -2.39. The molecule has 0 N–H and O–H groups in total. The number of carbonyl (C=O) groups is 1. The van der Waals surface area contributed by atoms with Gasteiger partial charge in [-0.15, -0.1) is 0 Å². The molecule has 1 unspecified atom stereocenters. The zero-order valence-electron chi connectivity index (χ0n) is 20.4. The minimum atomic E-state index is -4.44. The summed E-state index contributed by atoms with van der Waals surface area (Å²) >= 11 is 6.47. The Morgan fingerprint density at radius 1 is 0.946 bits per heavy atom. The van der Waals surface area contributed by atoms with E-state index in [2.05, 4.69) is 15.9 Å². The van der Waals surface area contributed by atoms with Crippen LogP contribution in [-0.4, -0.2) is 25.7 Å². The predicted octanol–water partition coefficient (Wildman–Crippen LogP) is 7.28. The number of esters is 1. The van der Waals surface area contributed by atoms with Gasteiger partial charge in [0.2, 0.25) is 0 Å². The van der Waals surface area contributed by atoms with Crippen molar-refractivity contribution in [3.05, 3.63) is 108 Å². The Morgan fingerprint density at radius 2 is 1.43 bits per heavy atom. The van der Waals surface area contributed by atoms with Crippen molar-refractivity contribution >= 4 is 35.5 Å². The molecule has 0 bridgehead atoms. The normalized spacial score (nSPS) is 15.9. The molecule has 1 aliphatic rings. The van der Waals surface area contributed by atoms with Crippen molar-refractivity contribution in [3.63, 3.8) is 0 Å². The van der Waals surface area contributed by atoms with Crippen molar-refractivity contribution in [3.8, 4) is 0 Å². The second kappa shape index (κ2) is 11.1. The molecule has 1 heterocycles. The molecule has 1 atom stereocenters. The molecule has 4 rings (SSSR count). The first kappa shape index (κ1) is 27.0. The summed E-state index contributed by atoms with van der Waals surface area (Å²) in [4.78, 5) is 13.3. The molecule has 3 aromatic carbocycles. The quantitative estimate of drug-likeness (QED) is 0.220. The van der Waals surface area contributed by atoms with Gasteiger partial charge in [-0.2, -0.15) is 13.2 Å². The lowest BCUT2D eigenvalue weighted by atomic mass is 9.98. The van der Waals surface area contributed by atoms with Gasteiger partial charge in [-0.05, 0) is 67.1 Å². The predicted molar refractivity (Wildman–Crippen MR) is 146 cm³/mol. The summed E-state index contributed by atoms with van der Waals surface area (Å²) in [6.07, 6.45) is -7.10. The highest BCUT2D eigenvalue weighted by Crippen LogP contribution is 2.67. The van der Waals surface area contributed by atoms with Crippen molar-refractivity contribution in [1.82, 2.24) is 0 Å². The molecule has 1 aliphatic heterocycles. The van der Waals surface area contributed by atoms with Crippen molar-refractivity contribution < 1.29 is 22.7 Å². The van der Waals surface area contributed by atoms with Crippen LogP contribution in [0.15, 0.2) is 96.8 Å². The minimum Gasteiger partial charge on any atom is -0.466 e. The molecule has 9 heteroatoms. The average molecular weight is 545 g/mol. The van der Waals surface area contributed by atoms with Crippen LogP contribution in [0.1, 0.15) is 18.1 Å². The van der Waals surface area contributed by atoms with E-state index in [1.807, 2.05) is 60.7 Å². The molecule has 0 aromatic heterocycles. The summed E-state index contributed by atoms with van der Waals surface area (Å²) in [5, 5.41) is 0.547. The fourth-order valence-electron chi connectivity index (χ4n) is 4.52. The van der Waals surface area contributed by atoms with Gasteiger partial charge in [0.25, 0.3) is 0 Å². The Morgan fingerprint density at radius 3 is 1.86 bits per heavy atom. The first-order valence-corrected chi connectivity index (χ1v) is 14.7. The van der Waals surface area contributed by atoms with Crippen LogP contribution in [0, 0.1) is 5.92 Å². The van der Waals surface area contributed by atoms with Crippen molar-refractivity contribution in [2.45, 2.75) is 19.5 Å². The Labute approximate surface area is 220 Å². The van der Waals surface area contributed by atoms with Crippen LogP contribution in [0.5, 0.6) is 0 Å². The maximum atomic E-state index is 13.3. The second-order valence-electron chi connectivity index (χ2n) is 8.66. The number of hydrogen-bond donors (Lipinski definition) is 0. The molecule has 194 valence electrons. The number of carbonyl (C=O) groups excluding carboxylic acids is 1. The van der Waals surface area contributed by atoms with Gasteiger partial charge in [0, 0.05) is 29.8 Å². The van der Waals surface area contributed by atoms with E-state index < -0.39 is 30.0 Å². The third kappa shape index (κ3) is 5.60. The number of ether oxygens (including phenoxy) is 1. The van der Waals surface area contributed by atoms with Gasteiger partial charge in [0.05, 0.1) is 18.1 Å². The van der Waals surface area contributed by atoms with E-state index in [1.54, 1.807) is 6.92 Å². The number of halogens is 3. The molecule has 1 fully saturated rings. The molecular formula is C28H28F3N2O2PS. The van der Waals surface area contributed by atoms with E-state index in [1.165, 1.54) is 12.1 Å². The van der Waals surface area contributed by atoms with Gasteiger partial charge < -0.3 is 14.1 Å². The summed E-state index contributed by atoms with van der Waals surface area (Å²) in [5.74, 6) is -1.30. The van der Waals surface area contributed by atoms with E-state index in [0.717, 1.165) is 23.5 Å². The highest BCUT2D eigenvalue weighted by molar-refractivity contribution is 8.18. The zero-order chi connectivity index (χ0) is 26.6. The van der Waals surface area contributed by atoms with Gasteiger partial charge in [-0.1, -0.05) is 55.1 Å². The van der Waals surface area contributed by atoms with E-state index >= 15 is 0 Å². The van der Waals surface area contributed by atoms with Crippen molar-refractivity contribution in [1.29, 1.82) is 0 Å². The number of alkyl halides is 3. The van der Waals surface area contributed by atoms with E-state index in [0.29, 0.717) is 24.0 Å². The van der Waals surface area contributed by atoms with Gasteiger partial charge in [0.1, 0.15) is 6.34 Å². The van der Waals surface area contributed by atoms with Gasteiger partial charge in [-0.25, -0.2) is 0 Å². The minimum absolute atomic E-state index is 0.138. The molecule has 0 spiro atoms. The molecule has 1 saturated heterocycles. The Bertz CT molecular complexity index is 1230. The van der Waals surface area contributed by atoms with E-state index in [4.69, 9.17) is 16.5 Å². The van der Waals surface area contributed by atoms with Crippen LogP contribution < -0.4 is 9.34 Å². The lowest BCUT2D eigenvalue weighted by Crippen LogP contribution is -2.28. The van der Waals surface area contributed by atoms with Crippen LogP contribution in [-0.2, 0) is 33.9 Å². The maximum Gasteiger partial charge on any atom is 0.416 e. The lowest BCUT2D eigenvalue weighted by molar-refractivity contribution is -0.146. The molecule has 0 saturated carbocycles. The Hall–Kier alpha value is -3.09. The van der Waals surface area contributed by atoms with E-state index in [-0.39, 0.29) is 13.0 Å². The monoisotopic (exact) mass is 544 g/mol. The molecule has 0 amide bonds. The van der Waals surface area contributed by atoms with E-state index in [9.17, 15) is 18.0 Å². The summed E-state index contributed by atoms with van der Waals surface area (Å²) in [5.41, 5.74) is 1.70. The fraction of sp³-hybridized carbons (Fsp3) is 0.250. The second-order valence-corrected chi connectivity index (χ2v) is 12.8. The van der Waals surface area contributed by atoms with Crippen LogP contribution in [0.25, 0.3) is 0 Å². The standard InChI is InChI=1S/C28H28F3N2O2PS/c1-3-35-27(34)26(20-22-14-16-23(17-15-22)28(29,30)31)21(2)36(37)32(24-10-6-4-7-11-24)18-19-33(36)25-12-8-5-9-13-25/h4-17,26H,2-3,18-20H2,1H3. The first-order valence-electron chi connectivity index (χ1n) is 11.9. The molecule has 3 aromatic rings. The first-order chi connectivity index (χ1) is 17.7. The van der Waals surface area contributed by atoms with Crippen LogP contribution in [0.2, 0.25) is 0 Å². The summed E-state index contributed by atoms with van der Waals surface area (Å²) in [7, 11) is 0. The summed E-state index contributed by atoms with van der Waals surface area (Å²) in [6.45, 7) is 7.57. The van der Waals surface area contributed by atoms with Crippen LogP contribution >= 0.6 is 6.34 Å². The zero-order valence-corrected chi connectivity index (χ0v) is 22.1. The third-order valence-electron chi connectivity index (χ3n) is 6.36. The van der Waals surface area contributed by atoms with Crippen LogP contribution in [0.4, 0.5) is 24.5 Å². The number of hydrogen-bond acceptors (Lipinski definition) is 3. The molecule has 0 radical (unpaired) electrons. The topological polar surface area (TPSA) is 32.8 Å². The SMILES string of the molecule is C=C(C(Cc1ccc(C(F)(F)F)cc1)C(=O)OCC)P1(=S)N(c2ccccc2)CCN1c1ccccc1.